The van der Waals surface area contributed by atoms with Gasteiger partial charge in [-0.05, 0) is 0 Å². The van der Waals surface area contributed by atoms with E-state index in [9.17, 15) is 13.2 Å². The minimum absolute atomic E-state index is 0.102. The van der Waals surface area contributed by atoms with Crippen LogP contribution in [0.2, 0.25) is 0 Å². The second-order valence-electron chi connectivity index (χ2n) is 4.89. The van der Waals surface area contributed by atoms with E-state index in [-0.39, 0.29) is 10.5 Å². The Kier molecular flexibility index (Phi) is 3.81. The molecule has 0 fully saturated rings. The van der Waals surface area contributed by atoms with Gasteiger partial charge >= 0.3 is 140 Å². The average Bonchev–Trinajstić information content (AvgIpc) is 2.69. The summed E-state index contributed by atoms with van der Waals surface area (Å²) in [4.78, 5) is 14.4. The average molecular weight is 431 g/mol. The van der Waals surface area contributed by atoms with Crippen molar-refractivity contribution in [3.05, 3.63) is 54.4 Å². The molecule has 0 saturated heterocycles. The first-order valence-corrected chi connectivity index (χ1v) is 9.81. The summed E-state index contributed by atoms with van der Waals surface area (Å²) in [5, 5.41) is 0. The third-order valence-corrected chi connectivity index (χ3v) is 8.65. The van der Waals surface area contributed by atoms with Crippen LogP contribution in [0, 0.1) is 0 Å². The fourth-order valence-corrected chi connectivity index (χ4v) is 6.64. The fraction of sp³-hybridized carbons (Fsp3) is 0.143. The number of benzene rings is 1. The standard InChI is InChI=1S/C14H14IN3O3S/c1-16(2)11-7-9-17(10-8-11)15-18-14(19)12-5-3-4-6-13(12)22(18,20)21/h3-10H,1-2H3. The van der Waals surface area contributed by atoms with E-state index in [2.05, 4.69) is 0 Å². The maximum atomic E-state index is 12.5. The maximum absolute atomic E-state index is 12.5. The molecule has 8 heteroatoms. The molecule has 116 valence electrons. The van der Waals surface area contributed by atoms with Gasteiger partial charge in [0, 0.05) is 0 Å². The Hall–Kier alpha value is -1.68. The Morgan fingerprint density at radius 3 is 2.32 bits per heavy atom. The van der Waals surface area contributed by atoms with E-state index < -0.39 is 37.7 Å². The van der Waals surface area contributed by atoms with Crippen molar-refractivity contribution in [3.8, 4) is 0 Å². The number of hydrogen-bond acceptors (Lipinski definition) is 4. The number of anilines is 1. The van der Waals surface area contributed by atoms with E-state index in [1.54, 1.807) is 33.4 Å². The van der Waals surface area contributed by atoms with Crippen LogP contribution >= 0.6 is 0 Å². The predicted molar refractivity (Wildman–Crippen MR) is 76.2 cm³/mol. The van der Waals surface area contributed by atoms with E-state index in [1.165, 1.54) is 6.07 Å². The molecule has 1 aliphatic rings. The minimum atomic E-state index is -3.72. The molecule has 0 atom stereocenters. The Labute approximate surface area is 140 Å². The molecule has 0 bridgehead atoms. The molecule has 0 radical (unpaired) electrons. The molecule has 22 heavy (non-hydrogen) atoms. The van der Waals surface area contributed by atoms with Crippen LogP contribution in [-0.2, 0) is 10.0 Å². The van der Waals surface area contributed by atoms with Crippen LogP contribution in [0.15, 0.2) is 53.7 Å². The quantitative estimate of drug-likeness (QED) is 0.404. The molecule has 2 heterocycles. The number of halogens is 1. The molecular weight excluding hydrogens is 417 g/mol. The van der Waals surface area contributed by atoms with Crippen molar-refractivity contribution >= 4 is 21.6 Å². The number of pyridine rings is 1. The van der Waals surface area contributed by atoms with Gasteiger partial charge in [0.15, 0.2) is 0 Å². The molecule has 6 nitrogen and oxygen atoms in total. The molecule has 1 aromatic heterocycles. The topological polar surface area (TPSA) is 61.6 Å². The predicted octanol–water partition coefficient (Wildman–Crippen LogP) is -2.35. The van der Waals surface area contributed by atoms with Crippen LogP contribution in [0.5, 0.6) is 0 Å². The third kappa shape index (κ3) is 2.45. The van der Waals surface area contributed by atoms with Crippen molar-refractivity contribution < 1.29 is 37.7 Å². The molecule has 1 amide bonds. The van der Waals surface area contributed by atoms with Gasteiger partial charge in [0.1, 0.15) is 0 Å². The van der Waals surface area contributed by atoms with E-state index >= 15 is 0 Å². The van der Waals surface area contributed by atoms with E-state index in [0.29, 0.717) is 0 Å². The van der Waals surface area contributed by atoms with Crippen LogP contribution in [0.1, 0.15) is 10.4 Å². The van der Waals surface area contributed by atoms with Crippen molar-refractivity contribution in [2.75, 3.05) is 19.0 Å². The summed E-state index contributed by atoms with van der Waals surface area (Å²) in [6.07, 6.45) is 3.60. The number of rotatable bonds is 3. The van der Waals surface area contributed by atoms with E-state index in [4.69, 9.17) is 0 Å². The van der Waals surface area contributed by atoms with Crippen molar-refractivity contribution in [3.63, 3.8) is 0 Å². The number of nitrogens with zero attached hydrogens (tertiary/aromatic N) is 3. The molecule has 1 aromatic carbocycles. The van der Waals surface area contributed by atoms with Crippen molar-refractivity contribution in [2.24, 2.45) is 0 Å². The van der Waals surface area contributed by atoms with Crippen LogP contribution < -0.4 is 29.4 Å². The fourth-order valence-electron chi connectivity index (χ4n) is 2.06. The Morgan fingerprint density at radius 1 is 1.09 bits per heavy atom. The molecular formula is C14H14IN3O3S. The second kappa shape index (κ2) is 5.51. The summed E-state index contributed by atoms with van der Waals surface area (Å²) in [7, 11) is 0.142. The van der Waals surface area contributed by atoms with Gasteiger partial charge in [-0.15, -0.1) is 0 Å². The Bertz CT molecular complexity index is 835. The van der Waals surface area contributed by atoms with Gasteiger partial charge in [-0.25, -0.2) is 0 Å². The summed E-state index contributed by atoms with van der Waals surface area (Å²) in [5.41, 5.74) is 1.27. The number of sulfonamides is 1. The van der Waals surface area contributed by atoms with Crippen LogP contribution in [-0.4, -0.2) is 30.9 Å². The molecule has 0 unspecified atom stereocenters. The molecule has 1 aliphatic heterocycles. The molecule has 3 rings (SSSR count). The van der Waals surface area contributed by atoms with Crippen LogP contribution in [0.3, 0.4) is 0 Å². The Balaban J connectivity index is 1.92. The Morgan fingerprint density at radius 2 is 1.73 bits per heavy atom. The molecule has 2 aromatic rings. The van der Waals surface area contributed by atoms with E-state index in [0.717, 1.165) is 8.21 Å². The number of carbonyl (C=O) groups is 1. The summed E-state index contributed by atoms with van der Waals surface area (Å²) in [5.74, 6) is -0.437. The molecule has 0 aliphatic carbocycles. The van der Waals surface area contributed by atoms with Gasteiger partial charge in [-0.1, -0.05) is 0 Å². The summed E-state index contributed by atoms with van der Waals surface area (Å²) in [6, 6.07) is 10.1. The van der Waals surface area contributed by atoms with E-state index in [1.807, 2.05) is 31.1 Å². The van der Waals surface area contributed by atoms with Crippen LogP contribution in [0.25, 0.3) is 0 Å². The van der Waals surface area contributed by atoms with Crippen molar-refractivity contribution in [2.45, 2.75) is 4.90 Å². The normalized spacial score (nSPS) is 15.9. The zero-order chi connectivity index (χ0) is 15.9. The molecule has 0 saturated carbocycles. The van der Waals surface area contributed by atoms with Gasteiger partial charge in [0.2, 0.25) is 0 Å². The first-order valence-electron chi connectivity index (χ1n) is 6.44. The third-order valence-electron chi connectivity index (χ3n) is 3.21. The number of fused-ring (bicyclic) bond motifs is 1. The van der Waals surface area contributed by atoms with Crippen molar-refractivity contribution in [1.29, 1.82) is 0 Å². The van der Waals surface area contributed by atoms with Crippen LogP contribution in [0.4, 0.5) is 5.69 Å². The zero-order valence-electron chi connectivity index (χ0n) is 12.0. The summed E-state index contributed by atoms with van der Waals surface area (Å²) < 4.78 is 27.7. The first-order chi connectivity index (χ1) is 10.4. The number of amides is 1. The second-order valence-corrected chi connectivity index (χ2v) is 9.81. The van der Waals surface area contributed by atoms with Crippen molar-refractivity contribution in [1.82, 2.24) is 2.52 Å². The molecule has 0 spiro atoms. The van der Waals surface area contributed by atoms with Gasteiger partial charge in [0.05, 0.1) is 0 Å². The summed E-state index contributed by atoms with van der Waals surface area (Å²) in [6.45, 7) is 0. The number of aromatic nitrogens is 1. The zero-order valence-corrected chi connectivity index (χ0v) is 14.9. The SMILES string of the molecule is CN(C)c1cc[n+]([I-]N2C(=O)c3ccccc3S2(=O)=O)cc1. The molecule has 0 N–H and O–H groups in total. The number of carbonyl (C=O) groups excluding carboxylic acids is 1. The van der Waals surface area contributed by atoms with Gasteiger partial charge < -0.3 is 0 Å². The monoisotopic (exact) mass is 431 g/mol. The van der Waals surface area contributed by atoms with Gasteiger partial charge in [-0.3, -0.25) is 0 Å². The first kappa shape index (κ1) is 15.2. The number of hydrogen-bond donors (Lipinski definition) is 0. The summed E-state index contributed by atoms with van der Waals surface area (Å²) >= 11 is -1.19. The van der Waals surface area contributed by atoms with Gasteiger partial charge in [0.25, 0.3) is 0 Å². The van der Waals surface area contributed by atoms with Gasteiger partial charge in [-0.2, -0.15) is 0 Å².